The van der Waals surface area contributed by atoms with Crippen LogP contribution in [0.5, 0.6) is 0 Å². The van der Waals surface area contributed by atoms with E-state index in [1.54, 1.807) is 0 Å². The van der Waals surface area contributed by atoms with Crippen molar-refractivity contribution in [2.75, 3.05) is 0 Å². The van der Waals surface area contributed by atoms with Crippen molar-refractivity contribution in [2.24, 2.45) is 0 Å². The zero-order chi connectivity index (χ0) is 7.44. The monoisotopic (exact) mass is 156 g/mol. The highest BCUT2D eigenvalue weighted by atomic mass is 35.6. The van der Waals surface area contributed by atoms with Crippen LogP contribution in [0.4, 0.5) is 0 Å². The number of halogens is 1. The van der Waals surface area contributed by atoms with E-state index in [0.29, 0.717) is 0 Å². The van der Waals surface area contributed by atoms with Gasteiger partial charge in [-0.25, -0.2) is 4.79 Å². The first kappa shape index (κ1) is 8.64. The molecule has 0 heterocycles. The minimum atomic E-state index is -2.44. The molecular weight excluding hydrogens is 151 g/mol. The zero-order valence-corrected chi connectivity index (χ0v) is 5.29. The number of carboxylic acid groups (broad SMARTS) is 1. The Balaban J connectivity index is 3.50. The second-order valence-electron chi connectivity index (χ2n) is 1.26. The van der Waals surface area contributed by atoms with E-state index < -0.39 is 22.9 Å². The summed E-state index contributed by atoms with van der Waals surface area (Å²) in [7, 11) is -2.44. The van der Waals surface area contributed by atoms with E-state index in [9.17, 15) is 14.1 Å². The van der Waals surface area contributed by atoms with Crippen molar-refractivity contribution in [3.63, 3.8) is 0 Å². The molecule has 0 aliphatic heterocycles. The molecule has 0 aliphatic rings. The van der Waals surface area contributed by atoms with Crippen molar-refractivity contribution in [1.82, 2.24) is 0 Å². The first-order chi connectivity index (χ1) is 4.04. The smallest absolute Gasteiger partial charge is 0.344 e. The molecule has 0 radical (unpaired) electrons. The maximum atomic E-state index is 9.83. The van der Waals surface area contributed by atoms with Crippen molar-refractivity contribution >= 4 is 5.97 Å². The second kappa shape index (κ2) is 3.62. The van der Waals surface area contributed by atoms with Gasteiger partial charge in [0.05, 0.1) is 0 Å². The molecule has 1 unspecified atom stereocenters. The molecule has 9 heavy (non-hydrogen) atoms. The molecule has 54 valence electrons. The van der Waals surface area contributed by atoms with Crippen LogP contribution in [0.1, 0.15) is 6.92 Å². The summed E-state index contributed by atoms with van der Waals surface area (Å²) in [5, 5.41) is 8.03. The van der Waals surface area contributed by atoms with Crippen LogP contribution in [-0.2, 0) is 9.08 Å². The van der Waals surface area contributed by atoms with E-state index in [-0.39, 0.29) is 0 Å². The average molecular weight is 157 g/mol. The quantitative estimate of drug-likeness (QED) is 0.490. The SMILES string of the molecule is CC(O[Cl+2]([O-])[O-])C(=O)O. The topological polar surface area (TPSA) is 92.6 Å². The third kappa shape index (κ3) is 4.16. The first-order valence-corrected chi connectivity index (χ1v) is 2.92. The zero-order valence-electron chi connectivity index (χ0n) is 4.54. The normalized spacial score (nSPS) is 13.8. The molecule has 1 atom stereocenters. The van der Waals surface area contributed by atoms with Crippen molar-refractivity contribution in [2.45, 2.75) is 13.0 Å². The number of aliphatic carboxylic acids is 1. The third-order valence-electron chi connectivity index (χ3n) is 0.554. The molecule has 0 amide bonds. The molecule has 5 nitrogen and oxygen atoms in total. The fraction of sp³-hybridized carbons (Fsp3) is 0.667. The lowest BCUT2D eigenvalue weighted by Gasteiger charge is -1.96. The summed E-state index contributed by atoms with van der Waals surface area (Å²) < 4.78 is 23.0. The Morgan fingerprint density at radius 3 is 2.33 bits per heavy atom. The summed E-state index contributed by atoms with van der Waals surface area (Å²) in [5.74, 6) is -1.32. The predicted molar refractivity (Wildman–Crippen MR) is 18.2 cm³/mol. The molecule has 0 saturated carbocycles. The first-order valence-electron chi connectivity index (χ1n) is 1.99. The fourth-order valence-electron chi connectivity index (χ4n) is 0.147. The Bertz CT molecular complexity index is 102. The van der Waals surface area contributed by atoms with E-state index in [4.69, 9.17) is 5.11 Å². The van der Waals surface area contributed by atoms with Gasteiger partial charge in [-0.3, -0.25) is 0 Å². The minimum absolute atomic E-state index is 1.11. The molecule has 0 aromatic heterocycles. The lowest BCUT2D eigenvalue weighted by molar-refractivity contribution is -1.63. The second-order valence-corrected chi connectivity index (χ2v) is 1.81. The van der Waals surface area contributed by atoms with Gasteiger partial charge < -0.3 is 14.4 Å². The molecule has 0 bridgehead atoms. The van der Waals surface area contributed by atoms with E-state index >= 15 is 0 Å². The summed E-state index contributed by atoms with van der Waals surface area (Å²) in [6.07, 6.45) is -1.32. The van der Waals surface area contributed by atoms with Gasteiger partial charge in [-0.1, -0.05) is 0 Å². The van der Waals surface area contributed by atoms with Gasteiger partial charge in [0.25, 0.3) is 16.9 Å². The highest BCUT2D eigenvalue weighted by Gasteiger charge is 2.23. The van der Waals surface area contributed by atoms with Crippen LogP contribution in [-0.4, -0.2) is 17.2 Å². The van der Waals surface area contributed by atoms with Crippen LogP contribution in [0.2, 0.25) is 0 Å². The average Bonchev–Trinajstić information content (AvgIpc) is 1.63. The molecular formula is C3H5ClO5. The summed E-state index contributed by atoms with van der Waals surface area (Å²) in [6, 6.07) is 0. The lowest BCUT2D eigenvalue weighted by Crippen LogP contribution is -2.39. The highest BCUT2D eigenvalue weighted by Crippen LogP contribution is 1.90. The van der Waals surface area contributed by atoms with Crippen molar-refractivity contribution in [1.29, 1.82) is 0 Å². The molecule has 6 heteroatoms. The number of carboxylic acids is 1. The van der Waals surface area contributed by atoms with Gasteiger partial charge in [0.1, 0.15) is 0 Å². The van der Waals surface area contributed by atoms with Gasteiger partial charge in [0.2, 0.25) is 0 Å². The van der Waals surface area contributed by atoms with E-state index in [2.05, 4.69) is 4.29 Å². The van der Waals surface area contributed by atoms with Crippen LogP contribution in [0.15, 0.2) is 0 Å². The number of hydrogen-bond donors (Lipinski definition) is 1. The standard InChI is InChI=1S/C3H5ClO5/c1-2(3(5)6)9-4(7)8/h2H,1H3,(H,5,6). The highest BCUT2D eigenvalue weighted by molar-refractivity contribution is 5.71. The molecule has 0 spiro atoms. The van der Waals surface area contributed by atoms with E-state index in [1.807, 2.05) is 0 Å². The third-order valence-corrected chi connectivity index (χ3v) is 0.967. The summed E-state index contributed by atoms with van der Waals surface area (Å²) >= 11 is 0. The van der Waals surface area contributed by atoms with Gasteiger partial charge in [-0.2, -0.15) is 0 Å². The number of rotatable bonds is 3. The Labute approximate surface area is 54.3 Å². The Hall–Kier alpha value is -0.360. The summed E-state index contributed by atoms with van der Waals surface area (Å²) in [5.41, 5.74) is 0. The summed E-state index contributed by atoms with van der Waals surface area (Å²) in [6.45, 7) is 1.11. The minimum Gasteiger partial charge on any atom is -0.479 e. The van der Waals surface area contributed by atoms with Crippen LogP contribution in [0, 0.1) is 10.8 Å². The van der Waals surface area contributed by atoms with Crippen molar-refractivity contribution in [3.05, 3.63) is 0 Å². The van der Waals surface area contributed by atoms with E-state index in [1.165, 1.54) is 0 Å². The Kier molecular flexibility index (Phi) is 3.48. The maximum Gasteiger partial charge on any atom is 0.344 e. The fourth-order valence-corrected chi connectivity index (χ4v) is 0.442. The van der Waals surface area contributed by atoms with Crippen LogP contribution in [0.25, 0.3) is 0 Å². The van der Waals surface area contributed by atoms with E-state index in [0.717, 1.165) is 6.92 Å². The van der Waals surface area contributed by atoms with Crippen molar-refractivity contribution < 1.29 is 34.3 Å². The summed E-state index contributed by atoms with van der Waals surface area (Å²) in [4.78, 5) is 9.83. The Morgan fingerprint density at radius 2 is 2.22 bits per heavy atom. The maximum absolute atomic E-state index is 9.83. The van der Waals surface area contributed by atoms with Crippen LogP contribution < -0.4 is 9.32 Å². The Morgan fingerprint density at radius 1 is 1.78 bits per heavy atom. The lowest BCUT2D eigenvalue weighted by atomic mass is 10.4. The predicted octanol–water partition coefficient (Wildman–Crippen LogP) is -2.44. The largest absolute Gasteiger partial charge is 0.479 e. The molecule has 0 aromatic rings. The number of carbonyl (C=O) groups is 1. The van der Waals surface area contributed by atoms with Gasteiger partial charge in [-0.15, -0.1) is 0 Å². The molecule has 0 saturated heterocycles. The molecule has 0 aliphatic carbocycles. The van der Waals surface area contributed by atoms with Crippen LogP contribution >= 0.6 is 0 Å². The molecule has 0 rings (SSSR count). The van der Waals surface area contributed by atoms with Gasteiger partial charge in [-0.05, 0) is 6.92 Å². The van der Waals surface area contributed by atoms with Crippen LogP contribution in [0.3, 0.4) is 0 Å². The molecule has 0 aromatic carbocycles. The number of hydrogen-bond acceptors (Lipinski definition) is 4. The van der Waals surface area contributed by atoms with Gasteiger partial charge in [0, 0.05) is 4.29 Å². The van der Waals surface area contributed by atoms with Crippen molar-refractivity contribution in [3.8, 4) is 0 Å². The van der Waals surface area contributed by atoms with Gasteiger partial charge >= 0.3 is 5.97 Å². The molecule has 0 fully saturated rings. The van der Waals surface area contributed by atoms with Gasteiger partial charge in [0.15, 0.2) is 0 Å². The molecule has 1 N–H and O–H groups in total.